The maximum atomic E-state index is 10.2. The zero-order valence-corrected chi connectivity index (χ0v) is 7.91. The van der Waals surface area contributed by atoms with E-state index in [-0.39, 0.29) is 0 Å². The largest absolute Gasteiger partial charge is 0.463 e. The first kappa shape index (κ1) is 9.35. The third kappa shape index (κ3) is 2.71. The molecule has 0 aliphatic heterocycles. The van der Waals surface area contributed by atoms with E-state index in [0.29, 0.717) is 34.8 Å². The molecule has 0 amide bonds. The summed E-state index contributed by atoms with van der Waals surface area (Å²) in [6.45, 7) is 0. The molecule has 1 rings (SSSR count). The van der Waals surface area contributed by atoms with Crippen molar-refractivity contribution < 1.29 is 8.42 Å². The van der Waals surface area contributed by atoms with E-state index in [2.05, 4.69) is 6.07 Å². The molecule has 4 heteroatoms. The van der Waals surface area contributed by atoms with E-state index in [9.17, 15) is 8.42 Å². The SMILES string of the molecule is O=[S+]Cc1[c]ccc(C[S+]=O)c1. The van der Waals surface area contributed by atoms with Crippen molar-refractivity contribution in [2.45, 2.75) is 11.5 Å². The molecule has 0 saturated carbocycles. The molecule has 0 aromatic heterocycles. The molecule has 0 unspecified atom stereocenters. The van der Waals surface area contributed by atoms with Crippen molar-refractivity contribution in [2.24, 2.45) is 0 Å². The van der Waals surface area contributed by atoms with Crippen molar-refractivity contribution in [1.29, 1.82) is 0 Å². The van der Waals surface area contributed by atoms with E-state index in [1.807, 2.05) is 12.1 Å². The molecule has 0 spiro atoms. The Hall–Kier alpha value is -0.740. The molecule has 0 saturated heterocycles. The fourth-order valence-corrected chi connectivity index (χ4v) is 1.48. The van der Waals surface area contributed by atoms with E-state index >= 15 is 0 Å². The van der Waals surface area contributed by atoms with Crippen LogP contribution in [-0.2, 0) is 43.3 Å². The molecular weight excluding hydrogens is 192 g/mol. The summed E-state index contributed by atoms with van der Waals surface area (Å²) in [5.74, 6) is 0.864. The Morgan fingerprint density at radius 3 is 2.67 bits per heavy atom. The van der Waals surface area contributed by atoms with Crippen LogP contribution in [0.25, 0.3) is 0 Å². The van der Waals surface area contributed by atoms with E-state index in [0.717, 1.165) is 11.1 Å². The highest BCUT2D eigenvalue weighted by Crippen LogP contribution is 2.05. The molecule has 1 aromatic carbocycles. The van der Waals surface area contributed by atoms with Gasteiger partial charge in [-0.05, 0) is 12.1 Å². The van der Waals surface area contributed by atoms with Crippen molar-refractivity contribution >= 4 is 23.3 Å². The quantitative estimate of drug-likeness (QED) is 0.686. The Labute approximate surface area is 79.0 Å². The molecule has 12 heavy (non-hydrogen) atoms. The van der Waals surface area contributed by atoms with Crippen molar-refractivity contribution in [3.05, 3.63) is 35.4 Å². The molecule has 0 fully saturated rings. The molecule has 0 aliphatic carbocycles. The Balaban J connectivity index is 2.79. The van der Waals surface area contributed by atoms with Crippen molar-refractivity contribution in [1.82, 2.24) is 0 Å². The van der Waals surface area contributed by atoms with Gasteiger partial charge in [0.25, 0.3) is 11.5 Å². The number of rotatable bonds is 4. The summed E-state index contributed by atoms with van der Waals surface area (Å²) in [6.07, 6.45) is 0. The van der Waals surface area contributed by atoms with E-state index in [1.54, 1.807) is 6.07 Å². The Morgan fingerprint density at radius 2 is 2.00 bits per heavy atom. The van der Waals surface area contributed by atoms with Gasteiger partial charge in [-0.3, -0.25) is 0 Å². The molecule has 0 N–H and O–H groups in total. The summed E-state index contributed by atoms with van der Waals surface area (Å²) in [7, 11) is 0. The van der Waals surface area contributed by atoms with Crippen LogP contribution in [0.15, 0.2) is 18.2 Å². The first-order valence-corrected chi connectivity index (χ1v) is 5.18. The lowest BCUT2D eigenvalue weighted by atomic mass is 10.2. The normalized spacial score (nSPS) is 9.33. The predicted octanol–water partition coefficient (Wildman–Crippen LogP) is 1.34. The molecule has 61 valence electrons. The summed E-state index contributed by atoms with van der Waals surface area (Å²) in [5, 5.41) is 0. The summed E-state index contributed by atoms with van der Waals surface area (Å²) < 4.78 is 20.4. The zero-order chi connectivity index (χ0) is 8.81. The summed E-state index contributed by atoms with van der Waals surface area (Å²) in [4.78, 5) is 0. The lowest BCUT2D eigenvalue weighted by Gasteiger charge is -1.89. The van der Waals surface area contributed by atoms with Gasteiger partial charge in [-0.1, -0.05) is 12.1 Å². The minimum absolute atomic E-state index is 0.414. The number of hydrogen-bond donors (Lipinski definition) is 0. The van der Waals surface area contributed by atoms with Crippen LogP contribution < -0.4 is 0 Å². The molecule has 2 nitrogen and oxygen atoms in total. The van der Waals surface area contributed by atoms with Gasteiger partial charge in [0.15, 0.2) is 0 Å². The van der Waals surface area contributed by atoms with Gasteiger partial charge in [-0.2, -0.15) is 0 Å². The third-order valence-electron chi connectivity index (χ3n) is 1.37. The predicted molar refractivity (Wildman–Crippen MR) is 48.8 cm³/mol. The Morgan fingerprint density at radius 1 is 1.25 bits per heavy atom. The maximum absolute atomic E-state index is 10.2. The van der Waals surface area contributed by atoms with Gasteiger partial charge in [0.05, 0.1) is 0 Å². The lowest BCUT2D eigenvalue weighted by molar-refractivity contribution is 0.604. The molecule has 0 heterocycles. The van der Waals surface area contributed by atoms with Crippen LogP contribution >= 0.6 is 0 Å². The van der Waals surface area contributed by atoms with Gasteiger partial charge in [0.2, 0.25) is 0 Å². The molecular formula is C8H7O2S2+2. The standard InChI is InChI=1S/C8H7O2S2/c9-11-5-7-2-1-3-8(4-7)6-12-10/h1-2,4H,5-6H2/q+2. The molecule has 0 aliphatic rings. The maximum Gasteiger partial charge on any atom is 0.463 e. The average Bonchev–Trinajstić information content (AvgIpc) is 2.06. The van der Waals surface area contributed by atoms with Crippen LogP contribution in [0, 0.1) is 6.07 Å². The van der Waals surface area contributed by atoms with Crippen molar-refractivity contribution in [3.8, 4) is 0 Å². The van der Waals surface area contributed by atoms with Gasteiger partial charge in [-0.15, -0.1) is 0 Å². The van der Waals surface area contributed by atoms with Crippen LogP contribution in [-0.4, -0.2) is 0 Å². The molecule has 1 aromatic rings. The van der Waals surface area contributed by atoms with Crippen LogP contribution in [0.1, 0.15) is 11.1 Å². The van der Waals surface area contributed by atoms with Crippen LogP contribution in [0.2, 0.25) is 0 Å². The van der Waals surface area contributed by atoms with E-state index < -0.39 is 0 Å². The second kappa shape index (κ2) is 5.00. The second-order valence-corrected chi connectivity index (χ2v) is 3.30. The topological polar surface area (TPSA) is 34.1 Å². The molecule has 1 radical (unpaired) electrons. The van der Waals surface area contributed by atoms with Crippen molar-refractivity contribution in [2.75, 3.05) is 0 Å². The van der Waals surface area contributed by atoms with Crippen LogP contribution in [0.4, 0.5) is 0 Å². The molecule has 0 bridgehead atoms. The summed E-state index contributed by atoms with van der Waals surface area (Å²) >= 11 is 1.05. The Kier molecular flexibility index (Phi) is 3.90. The fourth-order valence-electron chi connectivity index (χ4n) is 0.874. The second-order valence-electron chi connectivity index (χ2n) is 2.25. The van der Waals surface area contributed by atoms with Crippen LogP contribution in [0.3, 0.4) is 0 Å². The highest BCUT2D eigenvalue weighted by molar-refractivity contribution is 7.64. The minimum Gasteiger partial charge on any atom is -0.0534 e. The summed E-state index contributed by atoms with van der Waals surface area (Å²) in [5.41, 5.74) is 1.82. The first-order chi connectivity index (χ1) is 5.86. The Bertz CT molecular complexity index is 261. The van der Waals surface area contributed by atoms with Gasteiger partial charge in [-0.25, -0.2) is 0 Å². The monoisotopic (exact) mass is 199 g/mol. The minimum atomic E-state index is 0.414. The highest BCUT2D eigenvalue weighted by Gasteiger charge is 2.06. The zero-order valence-electron chi connectivity index (χ0n) is 6.28. The van der Waals surface area contributed by atoms with E-state index in [1.165, 1.54) is 0 Å². The van der Waals surface area contributed by atoms with Crippen LogP contribution in [0.5, 0.6) is 0 Å². The highest BCUT2D eigenvalue weighted by atomic mass is 32.1. The van der Waals surface area contributed by atoms with E-state index in [4.69, 9.17) is 0 Å². The fraction of sp³-hybridized carbons (Fsp3) is 0.250. The van der Waals surface area contributed by atoms with Gasteiger partial charge in [0, 0.05) is 19.5 Å². The number of hydrogen-bond acceptors (Lipinski definition) is 2. The third-order valence-corrected chi connectivity index (χ3v) is 2.25. The van der Waals surface area contributed by atoms with Gasteiger partial charge in [0.1, 0.15) is 0 Å². The smallest absolute Gasteiger partial charge is 0.0534 e. The lowest BCUT2D eigenvalue weighted by Crippen LogP contribution is -1.87. The first-order valence-electron chi connectivity index (χ1n) is 3.36. The van der Waals surface area contributed by atoms with Crippen molar-refractivity contribution in [3.63, 3.8) is 0 Å². The molecule has 0 atom stereocenters. The average molecular weight is 199 g/mol. The number of benzene rings is 1. The van der Waals surface area contributed by atoms with Gasteiger partial charge >= 0.3 is 23.3 Å². The summed E-state index contributed by atoms with van der Waals surface area (Å²) in [6, 6.07) is 8.36. The van der Waals surface area contributed by atoms with Gasteiger partial charge < -0.3 is 0 Å².